The molecule has 38 heavy (non-hydrogen) atoms. The SMILES string of the molecule is COc1ncccc1CN1C[C@@H](NC(=O)CC2CC2)[C@H]2COC[C@H]21.O=C(O)C(F)(F)F.O=C(O)C(F)(F)F. The molecule has 0 spiro atoms. The van der Waals surface area contributed by atoms with Gasteiger partial charge in [0.05, 0.1) is 20.3 Å². The number of fused-ring (bicyclic) bond motifs is 1. The molecule has 1 aliphatic carbocycles. The number of aliphatic carboxylic acids is 2. The van der Waals surface area contributed by atoms with E-state index in [1.165, 1.54) is 12.8 Å². The number of carboxylic acids is 2. The van der Waals surface area contributed by atoms with Crippen LogP contribution in [0.3, 0.4) is 0 Å². The number of alkyl halides is 6. The molecule has 2 saturated heterocycles. The second kappa shape index (κ2) is 13.1. The minimum Gasteiger partial charge on any atom is -0.481 e. The summed E-state index contributed by atoms with van der Waals surface area (Å²) in [6.07, 6.45) is -5.32. The zero-order chi connectivity index (χ0) is 28.7. The minimum atomic E-state index is -5.08. The fourth-order valence-corrected chi connectivity index (χ4v) is 3.97. The summed E-state index contributed by atoms with van der Waals surface area (Å²) in [6, 6.07) is 4.54. The van der Waals surface area contributed by atoms with Crippen LogP contribution >= 0.6 is 0 Å². The predicted molar refractivity (Wildman–Crippen MR) is 116 cm³/mol. The van der Waals surface area contributed by atoms with Crippen LogP contribution in [0.5, 0.6) is 5.88 Å². The van der Waals surface area contributed by atoms with E-state index in [2.05, 4.69) is 21.3 Å². The predicted octanol–water partition coefficient (Wildman–Crippen LogP) is 2.47. The summed E-state index contributed by atoms with van der Waals surface area (Å²) in [7, 11) is 1.65. The Morgan fingerprint density at radius 3 is 2.18 bits per heavy atom. The van der Waals surface area contributed by atoms with Crippen molar-refractivity contribution in [3.05, 3.63) is 23.9 Å². The van der Waals surface area contributed by atoms with Gasteiger partial charge in [0.15, 0.2) is 0 Å². The van der Waals surface area contributed by atoms with Crippen LogP contribution in [0.15, 0.2) is 18.3 Å². The highest BCUT2D eigenvalue weighted by Crippen LogP contribution is 2.34. The van der Waals surface area contributed by atoms with Crippen molar-refractivity contribution in [1.82, 2.24) is 15.2 Å². The summed E-state index contributed by atoms with van der Waals surface area (Å²) in [4.78, 5) is 36.7. The van der Waals surface area contributed by atoms with Crippen molar-refractivity contribution in [2.45, 2.75) is 50.2 Å². The van der Waals surface area contributed by atoms with Crippen LogP contribution in [-0.2, 0) is 25.7 Å². The molecule has 214 valence electrons. The number of amides is 1. The Balaban J connectivity index is 0.000000301. The topological polar surface area (TPSA) is 138 Å². The maximum absolute atomic E-state index is 12.2. The molecule has 1 aromatic rings. The normalized spacial score (nSPS) is 22.8. The Kier molecular flexibility index (Phi) is 10.7. The van der Waals surface area contributed by atoms with E-state index in [-0.39, 0.29) is 11.9 Å². The average molecular weight is 559 g/mol. The van der Waals surface area contributed by atoms with Crippen molar-refractivity contribution in [2.24, 2.45) is 11.8 Å². The monoisotopic (exact) mass is 559 g/mol. The van der Waals surface area contributed by atoms with Crippen LogP contribution in [0.2, 0.25) is 0 Å². The molecule has 16 heteroatoms. The lowest BCUT2D eigenvalue weighted by Gasteiger charge is -2.22. The highest BCUT2D eigenvalue weighted by molar-refractivity contribution is 5.77. The number of nitrogens with one attached hydrogen (secondary N) is 1. The number of hydrogen-bond donors (Lipinski definition) is 3. The van der Waals surface area contributed by atoms with Crippen LogP contribution in [-0.4, -0.2) is 89.2 Å². The van der Waals surface area contributed by atoms with Crippen molar-refractivity contribution in [3.8, 4) is 5.88 Å². The first kappa shape index (κ1) is 31.1. The van der Waals surface area contributed by atoms with Crippen molar-refractivity contribution < 1.29 is 60.4 Å². The second-order valence-corrected chi connectivity index (χ2v) is 8.80. The highest BCUT2D eigenvalue weighted by atomic mass is 19.4. The molecule has 1 saturated carbocycles. The van der Waals surface area contributed by atoms with Gasteiger partial charge >= 0.3 is 24.3 Å². The first-order valence-corrected chi connectivity index (χ1v) is 11.3. The van der Waals surface area contributed by atoms with Gasteiger partial charge in [-0.1, -0.05) is 6.07 Å². The van der Waals surface area contributed by atoms with Gasteiger partial charge in [0, 0.05) is 49.3 Å². The van der Waals surface area contributed by atoms with Gasteiger partial charge in [-0.2, -0.15) is 26.3 Å². The number of hydrogen-bond acceptors (Lipinski definition) is 7. The zero-order valence-electron chi connectivity index (χ0n) is 20.1. The summed E-state index contributed by atoms with van der Waals surface area (Å²) in [5, 5.41) is 17.5. The van der Waals surface area contributed by atoms with Crippen molar-refractivity contribution in [1.29, 1.82) is 0 Å². The lowest BCUT2D eigenvalue weighted by molar-refractivity contribution is -0.193. The molecule has 0 aromatic carbocycles. The molecule has 0 radical (unpaired) electrons. The van der Waals surface area contributed by atoms with Gasteiger partial charge in [-0.15, -0.1) is 0 Å². The number of carbonyl (C=O) groups excluding carboxylic acids is 1. The maximum atomic E-state index is 12.2. The summed E-state index contributed by atoms with van der Waals surface area (Å²) in [5.74, 6) is -3.63. The molecule has 2 aliphatic heterocycles. The molecular weight excluding hydrogens is 532 g/mol. The Morgan fingerprint density at radius 1 is 1.11 bits per heavy atom. The van der Waals surface area contributed by atoms with Gasteiger partial charge in [-0.05, 0) is 24.8 Å². The number of aromatic nitrogens is 1. The number of ether oxygens (including phenoxy) is 2. The van der Waals surface area contributed by atoms with E-state index in [0.29, 0.717) is 30.2 Å². The fraction of sp³-hybridized carbons (Fsp3) is 0.636. The van der Waals surface area contributed by atoms with E-state index in [4.69, 9.17) is 29.3 Å². The molecule has 3 aliphatic rings. The summed E-state index contributed by atoms with van der Waals surface area (Å²) in [6.45, 7) is 3.12. The number of likely N-dealkylation sites (tertiary alicyclic amines) is 1. The molecule has 0 bridgehead atoms. The maximum Gasteiger partial charge on any atom is 0.490 e. The van der Waals surface area contributed by atoms with Crippen LogP contribution in [0.1, 0.15) is 24.8 Å². The summed E-state index contributed by atoms with van der Waals surface area (Å²) >= 11 is 0. The molecule has 1 aromatic heterocycles. The number of halogens is 6. The van der Waals surface area contributed by atoms with E-state index in [0.717, 1.165) is 31.9 Å². The number of methoxy groups -OCH3 is 1. The minimum absolute atomic E-state index is 0.186. The van der Waals surface area contributed by atoms with Gasteiger partial charge in [0.2, 0.25) is 11.8 Å². The first-order valence-electron chi connectivity index (χ1n) is 11.3. The summed E-state index contributed by atoms with van der Waals surface area (Å²) in [5.41, 5.74) is 1.08. The molecule has 3 fully saturated rings. The van der Waals surface area contributed by atoms with Crippen LogP contribution in [0, 0.1) is 11.8 Å². The number of carbonyl (C=O) groups is 3. The smallest absolute Gasteiger partial charge is 0.481 e. The second-order valence-electron chi connectivity index (χ2n) is 8.80. The van der Waals surface area contributed by atoms with Gasteiger partial charge in [-0.25, -0.2) is 14.6 Å². The third-order valence-corrected chi connectivity index (χ3v) is 5.93. The summed E-state index contributed by atoms with van der Waals surface area (Å²) < 4.78 is 74.5. The third kappa shape index (κ3) is 9.63. The Labute approximate surface area is 212 Å². The number of carboxylic acid groups (broad SMARTS) is 2. The van der Waals surface area contributed by atoms with Crippen molar-refractivity contribution in [2.75, 3.05) is 26.9 Å². The molecule has 3 atom stereocenters. The van der Waals surface area contributed by atoms with Crippen LogP contribution in [0.25, 0.3) is 0 Å². The molecule has 10 nitrogen and oxygen atoms in total. The van der Waals surface area contributed by atoms with E-state index in [1.807, 2.05) is 6.07 Å². The Bertz CT molecular complexity index is 947. The standard InChI is InChI=1S/C18H25N3O3.2C2HF3O2/c1-23-18-13(3-2-6-19-18)8-21-9-15(14-10-24-11-16(14)21)20-17(22)7-12-4-5-12;2*3-2(4,5)1(6)7/h2-3,6,12,14-16H,4-5,7-11H2,1H3,(H,20,22);2*(H,6,7)/t14-,15-,16-;;/m1../s1. The molecule has 3 N–H and O–H groups in total. The Morgan fingerprint density at radius 2 is 1.68 bits per heavy atom. The van der Waals surface area contributed by atoms with Gasteiger partial charge in [0.1, 0.15) is 0 Å². The largest absolute Gasteiger partial charge is 0.490 e. The number of rotatable bonds is 6. The van der Waals surface area contributed by atoms with E-state index in [9.17, 15) is 31.1 Å². The van der Waals surface area contributed by atoms with Gasteiger partial charge in [0.25, 0.3) is 0 Å². The average Bonchev–Trinajstić information content (AvgIpc) is 3.38. The molecule has 1 amide bonds. The number of nitrogens with zero attached hydrogens (tertiary/aromatic N) is 2. The zero-order valence-corrected chi connectivity index (χ0v) is 20.1. The van der Waals surface area contributed by atoms with Crippen molar-refractivity contribution in [3.63, 3.8) is 0 Å². The van der Waals surface area contributed by atoms with E-state index >= 15 is 0 Å². The van der Waals surface area contributed by atoms with Gasteiger partial charge in [-0.3, -0.25) is 9.69 Å². The van der Waals surface area contributed by atoms with Crippen molar-refractivity contribution >= 4 is 17.8 Å². The lowest BCUT2D eigenvalue weighted by atomic mass is 9.99. The molecule has 3 heterocycles. The van der Waals surface area contributed by atoms with E-state index < -0.39 is 24.3 Å². The van der Waals surface area contributed by atoms with Crippen LogP contribution < -0.4 is 10.1 Å². The highest BCUT2D eigenvalue weighted by Gasteiger charge is 2.46. The third-order valence-electron chi connectivity index (χ3n) is 5.93. The fourth-order valence-electron chi connectivity index (χ4n) is 3.97. The number of pyridine rings is 1. The molecule has 4 rings (SSSR count). The van der Waals surface area contributed by atoms with E-state index in [1.54, 1.807) is 13.3 Å². The lowest BCUT2D eigenvalue weighted by Crippen LogP contribution is -2.41. The molecular formula is C22H27F6N3O7. The molecule has 0 unspecified atom stereocenters. The first-order chi connectivity index (χ1) is 17.6. The van der Waals surface area contributed by atoms with Crippen LogP contribution in [0.4, 0.5) is 26.3 Å². The quantitative estimate of drug-likeness (QED) is 0.449. The van der Waals surface area contributed by atoms with Gasteiger partial charge < -0.3 is 25.0 Å². The Hall–Kier alpha value is -3.14.